The number of hydrogen-bond donors (Lipinski definition) is 0. The van der Waals surface area contributed by atoms with Crippen LogP contribution in [0.15, 0.2) is 42.0 Å². The maximum atomic E-state index is 11.0. The summed E-state index contributed by atoms with van der Waals surface area (Å²) in [5.74, 6) is -0.645. The van der Waals surface area contributed by atoms with Gasteiger partial charge in [0.1, 0.15) is 0 Å². The van der Waals surface area contributed by atoms with E-state index in [4.69, 9.17) is 5.53 Å². The lowest BCUT2D eigenvalue weighted by Crippen LogP contribution is -1.94. The molecule has 0 saturated heterocycles. The standard InChI is InChI=1S/C9H7N3O/c1-7(9(13)11-12-10)8-5-3-2-4-6-8/h2-6H,1H2. The molecular weight excluding hydrogens is 166 g/mol. The maximum Gasteiger partial charge on any atom is 0.249 e. The van der Waals surface area contributed by atoms with E-state index in [1.165, 1.54) is 0 Å². The summed E-state index contributed by atoms with van der Waals surface area (Å²) in [5.41, 5.74) is 8.90. The van der Waals surface area contributed by atoms with Crippen molar-refractivity contribution in [1.29, 1.82) is 0 Å². The monoisotopic (exact) mass is 173 g/mol. The fourth-order valence-corrected chi connectivity index (χ4v) is 0.864. The molecular formula is C9H7N3O. The van der Waals surface area contributed by atoms with Gasteiger partial charge in [-0.1, -0.05) is 36.9 Å². The average Bonchev–Trinajstić information content (AvgIpc) is 2.18. The number of carbonyl (C=O) groups excluding carboxylic acids is 1. The molecule has 0 bridgehead atoms. The zero-order valence-corrected chi connectivity index (χ0v) is 6.84. The Morgan fingerprint density at radius 3 is 2.54 bits per heavy atom. The van der Waals surface area contributed by atoms with Gasteiger partial charge in [-0.25, -0.2) is 0 Å². The Kier molecular flexibility index (Phi) is 2.84. The lowest BCUT2D eigenvalue weighted by atomic mass is 10.1. The van der Waals surface area contributed by atoms with Crippen molar-refractivity contribution in [3.63, 3.8) is 0 Å². The zero-order chi connectivity index (χ0) is 9.68. The van der Waals surface area contributed by atoms with Crippen molar-refractivity contribution in [2.24, 2.45) is 5.11 Å². The van der Waals surface area contributed by atoms with Crippen LogP contribution in [0.1, 0.15) is 5.56 Å². The van der Waals surface area contributed by atoms with Crippen LogP contribution in [0.5, 0.6) is 0 Å². The van der Waals surface area contributed by atoms with Crippen LogP contribution in [0.4, 0.5) is 0 Å². The molecule has 4 nitrogen and oxygen atoms in total. The van der Waals surface area contributed by atoms with Gasteiger partial charge in [-0.05, 0) is 16.2 Å². The maximum absolute atomic E-state index is 11.0. The normalized spacial score (nSPS) is 8.62. The van der Waals surface area contributed by atoms with Gasteiger partial charge in [0.05, 0.1) is 0 Å². The summed E-state index contributed by atoms with van der Waals surface area (Å²) in [7, 11) is 0. The molecule has 0 saturated carbocycles. The molecule has 0 N–H and O–H groups in total. The molecule has 1 aromatic carbocycles. The van der Waals surface area contributed by atoms with E-state index in [9.17, 15) is 4.79 Å². The van der Waals surface area contributed by atoms with Gasteiger partial charge in [-0.2, -0.15) is 0 Å². The molecule has 0 aliphatic carbocycles. The summed E-state index contributed by atoms with van der Waals surface area (Å²) in [6.07, 6.45) is 0. The van der Waals surface area contributed by atoms with Crippen LogP contribution in [0.3, 0.4) is 0 Å². The predicted octanol–water partition coefficient (Wildman–Crippen LogP) is 2.54. The van der Waals surface area contributed by atoms with Crippen molar-refractivity contribution in [3.05, 3.63) is 52.9 Å². The first-order valence-electron chi connectivity index (χ1n) is 3.59. The Morgan fingerprint density at radius 1 is 1.38 bits per heavy atom. The van der Waals surface area contributed by atoms with Gasteiger partial charge in [0, 0.05) is 10.5 Å². The van der Waals surface area contributed by atoms with Crippen LogP contribution in [-0.4, -0.2) is 5.91 Å². The number of nitrogens with zero attached hydrogens (tertiary/aromatic N) is 3. The molecule has 0 unspecified atom stereocenters. The Labute approximate surface area is 75.1 Å². The molecule has 13 heavy (non-hydrogen) atoms. The number of hydrogen-bond acceptors (Lipinski definition) is 1. The van der Waals surface area contributed by atoms with Crippen molar-refractivity contribution in [2.75, 3.05) is 0 Å². The number of amides is 1. The number of carbonyl (C=O) groups is 1. The first-order valence-corrected chi connectivity index (χ1v) is 3.59. The van der Waals surface area contributed by atoms with E-state index in [2.05, 4.69) is 16.6 Å². The van der Waals surface area contributed by atoms with E-state index in [1.807, 2.05) is 6.07 Å². The minimum Gasteiger partial charge on any atom is -0.287 e. The Hall–Kier alpha value is -2.06. The van der Waals surface area contributed by atoms with Gasteiger partial charge in [0.25, 0.3) is 0 Å². The van der Waals surface area contributed by atoms with Crippen LogP contribution in [0.25, 0.3) is 16.0 Å². The van der Waals surface area contributed by atoms with Crippen molar-refractivity contribution in [3.8, 4) is 0 Å². The van der Waals surface area contributed by atoms with Crippen LogP contribution >= 0.6 is 0 Å². The van der Waals surface area contributed by atoms with Crippen molar-refractivity contribution in [2.45, 2.75) is 0 Å². The van der Waals surface area contributed by atoms with E-state index in [-0.39, 0.29) is 5.57 Å². The molecule has 1 amide bonds. The van der Waals surface area contributed by atoms with E-state index in [0.717, 1.165) is 0 Å². The van der Waals surface area contributed by atoms with Gasteiger partial charge in [-0.3, -0.25) is 4.79 Å². The van der Waals surface area contributed by atoms with Gasteiger partial charge < -0.3 is 0 Å². The highest BCUT2D eigenvalue weighted by Crippen LogP contribution is 2.12. The van der Waals surface area contributed by atoms with Crippen molar-refractivity contribution in [1.82, 2.24) is 0 Å². The summed E-state index contributed by atoms with van der Waals surface area (Å²) in [5, 5.41) is 2.94. The molecule has 0 aliphatic heterocycles. The van der Waals surface area contributed by atoms with Gasteiger partial charge in [0.15, 0.2) is 0 Å². The number of azide groups is 1. The Bertz CT molecular complexity index is 377. The minimum absolute atomic E-state index is 0.207. The summed E-state index contributed by atoms with van der Waals surface area (Å²) < 4.78 is 0. The second kappa shape index (κ2) is 4.09. The molecule has 0 fully saturated rings. The number of benzene rings is 1. The molecule has 0 atom stereocenters. The van der Waals surface area contributed by atoms with E-state index in [1.54, 1.807) is 24.3 Å². The second-order valence-electron chi connectivity index (χ2n) is 2.34. The highest BCUT2D eigenvalue weighted by atomic mass is 16.1. The predicted molar refractivity (Wildman–Crippen MR) is 49.6 cm³/mol. The summed E-state index contributed by atoms with van der Waals surface area (Å²) in [6.45, 7) is 3.53. The smallest absolute Gasteiger partial charge is 0.249 e. The second-order valence-corrected chi connectivity index (χ2v) is 2.34. The highest BCUT2D eigenvalue weighted by Gasteiger charge is 2.05. The van der Waals surface area contributed by atoms with Gasteiger partial charge >= 0.3 is 0 Å². The third kappa shape index (κ3) is 2.18. The molecule has 0 aliphatic rings. The van der Waals surface area contributed by atoms with Crippen LogP contribution in [0.2, 0.25) is 0 Å². The van der Waals surface area contributed by atoms with Gasteiger partial charge in [0.2, 0.25) is 5.91 Å². The third-order valence-corrected chi connectivity index (χ3v) is 1.52. The summed E-state index contributed by atoms with van der Waals surface area (Å²) in [4.78, 5) is 13.4. The minimum atomic E-state index is -0.645. The van der Waals surface area contributed by atoms with Crippen LogP contribution < -0.4 is 0 Å². The molecule has 1 rings (SSSR count). The first kappa shape index (κ1) is 9.03. The molecule has 0 spiro atoms. The quantitative estimate of drug-likeness (QED) is 0.293. The lowest BCUT2D eigenvalue weighted by Gasteiger charge is -1.98. The molecule has 1 aromatic rings. The summed E-state index contributed by atoms with van der Waals surface area (Å²) >= 11 is 0. The molecule has 0 heterocycles. The fraction of sp³-hybridized carbons (Fsp3) is 0. The zero-order valence-electron chi connectivity index (χ0n) is 6.84. The lowest BCUT2D eigenvalue weighted by molar-refractivity contribution is -0.112. The third-order valence-electron chi connectivity index (χ3n) is 1.52. The topological polar surface area (TPSA) is 65.8 Å². The molecule has 4 heteroatoms. The van der Waals surface area contributed by atoms with Crippen LogP contribution in [0, 0.1) is 0 Å². The molecule has 64 valence electrons. The van der Waals surface area contributed by atoms with E-state index < -0.39 is 5.91 Å². The molecule has 0 aromatic heterocycles. The first-order chi connectivity index (χ1) is 6.25. The SMILES string of the molecule is C=C(C(=O)N=[N+]=[N-])c1ccccc1. The van der Waals surface area contributed by atoms with Crippen molar-refractivity contribution >= 4 is 11.5 Å². The Balaban J connectivity index is 2.92. The highest BCUT2D eigenvalue weighted by molar-refractivity contribution is 6.19. The van der Waals surface area contributed by atoms with E-state index in [0.29, 0.717) is 5.56 Å². The van der Waals surface area contributed by atoms with Gasteiger partial charge in [-0.15, -0.1) is 0 Å². The average molecular weight is 173 g/mol. The Morgan fingerprint density at radius 2 is 2.00 bits per heavy atom. The number of rotatable bonds is 2. The largest absolute Gasteiger partial charge is 0.287 e. The molecule has 0 radical (unpaired) electrons. The van der Waals surface area contributed by atoms with Crippen LogP contribution in [-0.2, 0) is 4.79 Å². The fourth-order valence-electron chi connectivity index (χ4n) is 0.864. The summed E-state index contributed by atoms with van der Waals surface area (Å²) in [6, 6.07) is 8.85. The van der Waals surface area contributed by atoms with E-state index >= 15 is 0 Å². The van der Waals surface area contributed by atoms with Crippen molar-refractivity contribution < 1.29 is 4.79 Å².